The number of aliphatic imine (C=N–C) groups is 1. The number of methoxy groups -OCH3 is 2. The smallest absolute Gasteiger partial charge is 0.191 e. The second-order valence-electron chi connectivity index (χ2n) is 8.27. The van der Waals surface area contributed by atoms with Gasteiger partial charge in [0.25, 0.3) is 0 Å². The Kier molecular flexibility index (Phi) is 11.1. The van der Waals surface area contributed by atoms with Crippen LogP contribution in [0.3, 0.4) is 0 Å². The van der Waals surface area contributed by atoms with Gasteiger partial charge in [-0.25, -0.2) is 0 Å². The Bertz CT molecular complexity index is 858. The number of hydrogen-bond donors (Lipinski definition) is 2. The van der Waals surface area contributed by atoms with Gasteiger partial charge in [-0.15, -0.1) is 24.0 Å². The molecule has 2 aromatic rings. The molecule has 1 unspecified atom stereocenters. The summed E-state index contributed by atoms with van der Waals surface area (Å²) in [7, 11) is 5.07. The molecular formula is C25H37IN4O2. The van der Waals surface area contributed by atoms with Crippen molar-refractivity contribution in [3.8, 4) is 11.5 Å². The van der Waals surface area contributed by atoms with Crippen molar-refractivity contribution < 1.29 is 9.47 Å². The zero-order chi connectivity index (χ0) is 22.1. The summed E-state index contributed by atoms with van der Waals surface area (Å²) in [6, 6.07) is 14.8. The Balaban J connectivity index is 0.00000363. The average molecular weight is 553 g/mol. The molecule has 176 valence electrons. The van der Waals surface area contributed by atoms with E-state index in [1.54, 1.807) is 21.3 Å². The van der Waals surface area contributed by atoms with Crippen LogP contribution in [0.2, 0.25) is 0 Å². The summed E-state index contributed by atoms with van der Waals surface area (Å²) in [6.07, 6.45) is 2.68. The maximum Gasteiger partial charge on any atom is 0.191 e. The van der Waals surface area contributed by atoms with Crippen LogP contribution in [0.1, 0.15) is 36.5 Å². The van der Waals surface area contributed by atoms with E-state index in [2.05, 4.69) is 51.7 Å². The highest BCUT2D eigenvalue weighted by molar-refractivity contribution is 14.0. The number of nitrogens with zero attached hydrogens (tertiary/aromatic N) is 2. The molecule has 1 atom stereocenters. The SMILES string of the molecule is CN=C(NCc1ccc(CN2CCCC(C)C2)cc1)NCc1ccc(OC)c(OC)c1.I. The summed E-state index contributed by atoms with van der Waals surface area (Å²) in [6.45, 7) is 7.21. The number of ether oxygens (including phenoxy) is 2. The molecule has 0 spiro atoms. The summed E-state index contributed by atoms with van der Waals surface area (Å²) in [5, 5.41) is 6.74. The van der Waals surface area contributed by atoms with Crippen LogP contribution in [-0.2, 0) is 19.6 Å². The third-order valence-corrected chi connectivity index (χ3v) is 5.76. The summed E-state index contributed by atoms with van der Waals surface area (Å²) in [5.74, 6) is 3.03. The zero-order valence-corrected chi connectivity index (χ0v) is 22.0. The van der Waals surface area contributed by atoms with E-state index in [-0.39, 0.29) is 24.0 Å². The summed E-state index contributed by atoms with van der Waals surface area (Å²) in [4.78, 5) is 6.90. The molecule has 0 amide bonds. The van der Waals surface area contributed by atoms with E-state index in [9.17, 15) is 0 Å². The monoisotopic (exact) mass is 552 g/mol. The van der Waals surface area contributed by atoms with Crippen LogP contribution >= 0.6 is 24.0 Å². The fourth-order valence-electron chi connectivity index (χ4n) is 4.03. The lowest BCUT2D eigenvalue weighted by Crippen LogP contribution is -2.36. The minimum Gasteiger partial charge on any atom is -0.493 e. The predicted octanol–water partition coefficient (Wildman–Crippen LogP) is 4.42. The molecule has 0 radical (unpaired) electrons. The Labute approximate surface area is 209 Å². The third-order valence-electron chi connectivity index (χ3n) is 5.76. The molecule has 1 aliphatic rings. The minimum absolute atomic E-state index is 0. The minimum atomic E-state index is 0. The summed E-state index contributed by atoms with van der Waals surface area (Å²) in [5.41, 5.74) is 3.72. The third kappa shape index (κ3) is 7.85. The first kappa shape index (κ1) is 26.3. The Morgan fingerprint density at radius 1 is 0.969 bits per heavy atom. The molecule has 3 rings (SSSR count). The van der Waals surface area contributed by atoms with Crippen molar-refractivity contribution in [1.29, 1.82) is 0 Å². The first-order valence-electron chi connectivity index (χ1n) is 11.1. The maximum atomic E-state index is 5.38. The van der Waals surface area contributed by atoms with Crippen molar-refractivity contribution in [2.45, 2.75) is 39.4 Å². The fraction of sp³-hybridized carbons (Fsp3) is 0.480. The molecule has 6 nitrogen and oxygen atoms in total. The molecule has 32 heavy (non-hydrogen) atoms. The van der Waals surface area contributed by atoms with Gasteiger partial charge in [-0.1, -0.05) is 37.3 Å². The van der Waals surface area contributed by atoms with Crippen molar-refractivity contribution in [1.82, 2.24) is 15.5 Å². The van der Waals surface area contributed by atoms with Gasteiger partial charge >= 0.3 is 0 Å². The molecule has 0 saturated carbocycles. The number of benzene rings is 2. The van der Waals surface area contributed by atoms with Crippen LogP contribution in [0.15, 0.2) is 47.5 Å². The van der Waals surface area contributed by atoms with Gasteiger partial charge in [0.2, 0.25) is 0 Å². The molecule has 1 saturated heterocycles. The van der Waals surface area contributed by atoms with Crippen molar-refractivity contribution in [2.75, 3.05) is 34.4 Å². The second-order valence-corrected chi connectivity index (χ2v) is 8.27. The van der Waals surface area contributed by atoms with Gasteiger partial charge < -0.3 is 20.1 Å². The van der Waals surface area contributed by atoms with Gasteiger partial charge in [0.1, 0.15) is 0 Å². The first-order chi connectivity index (χ1) is 15.1. The van der Waals surface area contributed by atoms with E-state index in [1.165, 1.54) is 37.1 Å². The zero-order valence-electron chi connectivity index (χ0n) is 19.7. The lowest BCUT2D eigenvalue weighted by Gasteiger charge is -2.30. The first-order valence-corrected chi connectivity index (χ1v) is 11.1. The van der Waals surface area contributed by atoms with Crippen LogP contribution in [0.25, 0.3) is 0 Å². The van der Waals surface area contributed by atoms with Crippen LogP contribution in [0.5, 0.6) is 11.5 Å². The maximum absolute atomic E-state index is 5.38. The van der Waals surface area contributed by atoms with Crippen LogP contribution in [0, 0.1) is 5.92 Å². The lowest BCUT2D eigenvalue weighted by atomic mass is 9.99. The summed E-state index contributed by atoms with van der Waals surface area (Å²) < 4.78 is 10.7. The molecular weight excluding hydrogens is 515 g/mol. The molecule has 7 heteroatoms. The molecule has 0 bridgehead atoms. The van der Waals surface area contributed by atoms with Crippen molar-refractivity contribution in [2.24, 2.45) is 10.9 Å². The van der Waals surface area contributed by atoms with Crippen molar-refractivity contribution in [3.63, 3.8) is 0 Å². The van der Waals surface area contributed by atoms with Gasteiger partial charge in [-0.05, 0) is 54.1 Å². The number of hydrogen-bond acceptors (Lipinski definition) is 4. The molecule has 1 heterocycles. The van der Waals surface area contributed by atoms with E-state index >= 15 is 0 Å². The van der Waals surface area contributed by atoms with Gasteiger partial charge in [0, 0.05) is 33.2 Å². The Morgan fingerprint density at radius 2 is 1.59 bits per heavy atom. The average Bonchev–Trinajstić information content (AvgIpc) is 2.80. The van der Waals surface area contributed by atoms with Crippen LogP contribution < -0.4 is 20.1 Å². The largest absolute Gasteiger partial charge is 0.493 e. The molecule has 1 aliphatic heterocycles. The number of guanidine groups is 1. The molecule has 1 fully saturated rings. The van der Waals surface area contributed by atoms with Crippen molar-refractivity contribution in [3.05, 3.63) is 59.2 Å². The van der Waals surface area contributed by atoms with Gasteiger partial charge in [0.15, 0.2) is 17.5 Å². The number of halogens is 1. The molecule has 0 aliphatic carbocycles. The highest BCUT2D eigenvalue weighted by atomic mass is 127. The Morgan fingerprint density at radius 3 is 2.22 bits per heavy atom. The lowest BCUT2D eigenvalue weighted by molar-refractivity contribution is 0.176. The Hall–Kier alpha value is -2.00. The number of nitrogens with one attached hydrogen (secondary N) is 2. The van der Waals surface area contributed by atoms with E-state index in [0.29, 0.717) is 6.54 Å². The van der Waals surface area contributed by atoms with E-state index < -0.39 is 0 Å². The summed E-state index contributed by atoms with van der Waals surface area (Å²) >= 11 is 0. The van der Waals surface area contributed by atoms with Gasteiger partial charge in [0.05, 0.1) is 14.2 Å². The predicted molar refractivity (Wildman–Crippen MR) is 142 cm³/mol. The van der Waals surface area contributed by atoms with Gasteiger partial charge in [-0.2, -0.15) is 0 Å². The normalized spacial score (nSPS) is 16.8. The van der Waals surface area contributed by atoms with Crippen LogP contribution in [0.4, 0.5) is 0 Å². The quantitative estimate of drug-likeness (QED) is 0.289. The van der Waals surface area contributed by atoms with E-state index in [0.717, 1.165) is 42.0 Å². The highest BCUT2D eigenvalue weighted by Crippen LogP contribution is 2.27. The fourth-order valence-corrected chi connectivity index (χ4v) is 4.03. The molecule has 0 aromatic heterocycles. The number of rotatable bonds is 8. The molecule has 2 aromatic carbocycles. The van der Waals surface area contributed by atoms with E-state index in [4.69, 9.17) is 9.47 Å². The van der Waals surface area contributed by atoms with Crippen molar-refractivity contribution >= 4 is 29.9 Å². The van der Waals surface area contributed by atoms with Gasteiger partial charge in [-0.3, -0.25) is 9.89 Å². The number of piperidine rings is 1. The van der Waals surface area contributed by atoms with E-state index in [1.807, 2.05) is 18.2 Å². The molecule has 2 N–H and O–H groups in total. The van der Waals surface area contributed by atoms with Crippen LogP contribution in [-0.4, -0.2) is 45.2 Å². The number of likely N-dealkylation sites (tertiary alicyclic amines) is 1. The highest BCUT2D eigenvalue weighted by Gasteiger charge is 2.16. The topological polar surface area (TPSA) is 58.1 Å². The second kappa shape index (κ2) is 13.5. The standard InChI is InChI=1S/C25H36N4O2.HI/c1-19-6-5-13-29(17-19)18-21-9-7-20(8-10-21)15-27-25(26-2)28-16-22-11-12-23(30-3)24(14-22)31-4;/h7-12,14,19H,5-6,13,15-18H2,1-4H3,(H2,26,27,28);1H.